The molecule has 0 bridgehead atoms. The molecule has 1 N–H and O–H groups in total. The Hall–Kier alpha value is -1.48. The molecule has 2 aromatic rings. The highest BCUT2D eigenvalue weighted by atomic mass is 79.9. The number of rotatable bonds is 5. The predicted octanol–water partition coefficient (Wildman–Crippen LogP) is 5.33. The van der Waals surface area contributed by atoms with E-state index >= 15 is 0 Å². The van der Waals surface area contributed by atoms with Crippen LogP contribution in [0.4, 0.5) is 5.69 Å². The van der Waals surface area contributed by atoms with E-state index in [0.29, 0.717) is 0 Å². The van der Waals surface area contributed by atoms with Crippen LogP contribution in [0.3, 0.4) is 0 Å². The molecule has 1 unspecified atom stereocenters. The predicted molar refractivity (Wildman–Crippen MR) is 88.5 cm³/mol. The Morgan fingerprint density at radius 1 is 1.15 bits per heavy atom. The summed E-state index contributed by atoms with van der Waals surface area (Å²) in [6.45, 7) is 4.29. The Balaban J connectivity index is 2.31. The van der Waals surface area contributed by atoms with Gasteiger partial charge in [0.2, 0.25) is 0 Å². The quantitative estimate of drug-likeness (QED) is 0.798. The first-order valence-electron chi connectivity index (χ1n) is 6.82. The van der Waals surface area contributed by atoms with Crippen LogP contribution in [0.2, 0.25) is 0 Å². The Labute approximate surface area is 129 Å². The summed E-state index contributed by atoms with van der Waals surface area (Å²) >= 11 is 3.58. The number of hydrogen-bond acceptors (Lipinski definition) is 2. The van der Waals surface area contributed by atoms with Crippen molar-refractivity contribution < 1.29 is 4.74 Å². The average Bonchev–Trinajstić information content (AvgIpc) is 2.49. The summed E-state index contributed by atoms with van der Waals surface area (Å²) in [5.74, 6) is 0.930. The van der Waals surface area contributed by atoms with Gasteiger partial charge in [0.15, 0.2) is 0 Å². The highest BCUT2D eigenvalue weighted by Crippen LogP contribution is 2.32. The maximum Gasteiger partial charge on any atom is 0.124 e. The molecule has 0 aliphatic heterocycles. The van der Waals surface area contributed by atoms with Crippen molar-refractivity contribution in [3.8, 4) is 5.75 Å². The van der Waals surface area contributed by atoms with Crippen LogP contribution in [-0.4, -0.2) is 7.11 Å². The van der Waals surface area contributed by atoms with Gasteiger partial charge in [-0.2, -0.15) is 0 Å². The van der Waals surface area contributed by atoms with Gasteiger partial charge in [0.25, 0.3) is 0 Å². The minimum atomic E-state index is 0.235. The van der Waals surface area contributed by atoms with E-state index in [1.54, 1.807) is 7.11 Å². The van der Waals surface area contributed by atoms with E-state index in [1.165, 1.54) is 11.1 Å². The number of methoxy groups -OCH3 is 1. The molecule has 0 saturated heterocycles. The number of nitrogens with one attached hydrogen (secondary N) is 1. The molecular weight excluding hydrogens is 314 g/mol. The lowest BCUT2D eigenvalue weighted by atomic mass is 10.0. The largest absolute Gasteiger partial charge is 0.496 e. The van der Waals surface area contributed by atoms with Gasteiger partial charge < -0.3 is 10.1 Å². The molecule has 2 aromatic carbocycles. The van der Waals surface area contributed by atoms with E-state index in [1.807, 2.05) is 18.2 Å². The van der Waals surface area contributed by atoms with Gasteiger partial charge in [-0.3, -0.25) is 0 Å². The summed E-state index contributed by atoms with van der Waals surface area (Å²) in [5, 5.41) is 3.62. The van der Waals surface area contributed by atoms with Crippen LogP contribution in [0.25, 0.3) is 0 Å². The molecule has 0 aliphatic carbocycles. The Bertz CT molecular complexity index is 583. The Kier molecular flexibility index (Phi) is 5.07. The van der Waals surface area contributed by atoms with E-state index < -0.39 is 0 Å². The van der Waals surface area contributed by atoms with Gasteiger partial charge in [-0.15, -0.1) is 0 Å². The van der Waals surface area contributed by atoms with Crippen LogP contribution < -0.4 is 10.1 Å². The highest BCUT2D eigenvalue weighted by molar-refractivity contribution is 9.10. The van der Waals surface area contributed by atoms with Crippen molar-refractivity contribution in [2.24, 2.45) is 0 Å². The van der Waals surface area contributed by atoms with E-state index in [0.717, 1.165) is 22.3 Å². The molecule has 0 heterocycles. The maximum absolute atomic E-state index is 5.47. The molecule has 106 valence electrons. The van der Waals surface area contributed by atoms with Gasteiger partial charge in [-0.05, 0) is 37.1 Å². The minimum absolute atomic E-state index is 0.235. The summed E-state index contributed by atoms with van der Waals surface area (Å²) < 4.78 is 6.59. The van der Waals surface area contributed by atoms with Crippen LogP contribution >= 0.6 is 15.9 Å². The first-order chi connectivity index (χ1) is 9.67. The minimum Gasteiger partial charge on any atom is -0.496 e. The lowest BCUT2D eigenvalue weighted by Gasteiger charge is -2.22. The molecule has 0 radical (unpaired) electrons. The lowest BCUT2D eigenvalue weighted by molar-refractivity contribution is 0.406. The van der Waals surface area contributed by atoms with Crippen molar-refractivity contribution >= 4 is 21.6 Å². The second-order valence-electron chi connectivity index (χ2n) is 4.76. The second-order valence-corrected chi connectivity index (χ2v) is 5.61. The number of hydrogen-bond donors (Lipinski definition) is 1. The number of ether oxygens (including phenoxy) is 1. The third-order valence-electron chi connectivity index (χ3n) is 3.52. The average molecular weight is 334 g/mol. The van der Waals surface area contributed by atoms with Gasteiger partial charge in [0, 0.05) is 15.7 Å². The smallest absolute Gasteiger partial charge is 0.124 e. The fourth-order valence-electron chi connectivity index (χ4n) is 2.31. The van der Waals surface area contributed by atoms with Crippen molar-refractivity contribution in [2.45, 2.75) is 26.3 Å². The SMILES string of the molecule is CCC(Nc1cccc(Br)c1C)c1ccccc1OC. The standard InChI is InChI=1S/C17H20BrNO/c1-4-15(13-8-5-6-11-17(13)20-3)19-16-10-7-9-14(18)12(16)2/h5-11,15,19H,4H2,1-3H3. The molecule has 2 nitrogen and oxygen atoms in total. The molecule has 20 heavy (non-hydrogen) atoms. The van der Waals surface area contributed by atoms with Gasteiger partial charge in [-0.25, -0.2) is 0 Å². The molecule has 3 heteroatoms. The number of anilines is 1. The third-order valence-corrected chi connectivity index (χ3v) is 4.38. The van der Waals surface area contributed by atoms with Crippen LogP contribution in [0, 0.1) is 6.92 Å². The maximum atomic E-state index is 5.47. The Morgan fingerprint density at radius 3 is 2.60 bits per heavy atom. The van der Waals surface area contributed by atoms with Crippen LogP contribution in [-0.2, 0) is 0 Å². The molecule has 0 spiro atoms. The third kappa shape index (κ3) is 3.15. The van der Waals surface area contributed by atoms with Crippen molar-refractivity contribution in [3.05, 3.63) is 58.1 Å². The summed E-state index contributed by atoms with van der Waals surface area (Å²) in [4.78, 5) is 0. The summed E-state index contributed by atoms with van der Waals surface area (Å²) in [7, 11) is 1.72. The second kappa shape index (κ2) is 6.80. The first-order valence-corrected chi connectivity index (χ1v) is 7.61. The van der Waals surface area contributed by atoms with Crippen molar-refractivity contribution in [2.75, 3.05) is 12.4 Å². The van der Waals surface area contributed by atoms with Crippen LogP contribution in [0.1, 0.15) is 30.5 Å². The van der Waals surface area contributed by atoms with Crippen molar-refractivity contribution in [1.82, 2.24) is 0 Å². The summed E-state index contributed by atoms with van der Waals surface area (Å²) in [5.41, 5.74) is 3.56. The number of para-hydroxylation sites is 1. The van der Waals surface area contributed by atoms with Gasteiger partial charge in [0.1, 0.15) is 5.75 Å². The molecule has 0 fully saturated rings. The molecule has 0 aromatic heterocycles. The van der Waals surface area contributed by atoms with Gasteiger partial charge in [-0.1, -0.05) is 47.1 Å². The van der Waals surface area contributed by atoms with E-state index in [2.05, 4.69) is 59.4 Å². The fraction of sp³-hybridized carbons (Fsp3) is 0.294. The Morgan fingerprint density at radius 2 is 1.90 bits per heavy atom. The van der Waals surface area contributed by atoms with Gasteiger partial charge >= 0.3 is 0 Å². The number of halogens is 1. The zero-order valence-corrected chi connectivity index (χ0v) is 13.7. The van der Waals surface area contributed by atoms with E-state index in [-0.39, 0.29) is 6.04 Å². The van der Waals surface area contributed by atoms with Crippen LogP contribution in [0.5, 0.6) is 5.75 Å². The lowest BCUT2D eigenvalue weighted by Crippen LogP contribution is -2.11. The number of benzene rings is 2. The normalized spacial score (nSPS) is 12.0. The summed E-state index contributed by atoms with van der Waals surface area (Å²) in [6, 6.07) is 14.6. The molecule has 1 atom stereocenters. The van der Waals surface area contributed by atoms with Crippen molar-refractivity contribution in [3.63, 3.8) is 0 Å². The molecule has 0 aliphatic rings. The summed E-state index contributed by atoms with van der Waals surface area (Å²) in [6.07, 6.45) is 0.992. The zero-order chi connectivity index (χ0) is 14.5. The first kappa shape index (κ1) is 14.9. The van der Waals surface area contributed by atoms with E-state index in [4.69, 9.17) is 4.74 Å². The van der Waals surface area contributed by atoms with E-state index in [9.17, 15) is 0 Å². The zero-order valence-electron chi connectivity index (χ0n) is 12.1. The van der Waals surface area contributed by atoms with Crippen LogP contribution in [0.15, 0.2) is 46.9 Å². The molecule has 2 rings (SSSR count). The molecule has 0 saturated carbocycles. The highest BCUT2D eigenvalue weighted by Gasteiger charge is 2.15. The monoisotopic (exact) mass is 333 g/mol. The fourth-order valence-corrected chi connectivity index (χ4v) is 2.67. The van der Waals surface area contributed by atoms with Gasteiger partial charge in [0.05, 0.1) is 13.2 Å². The molecule has 0 amide bonds. The van der Waals surface area contributed by atoms with Crippen molar-refractivity contribution in [1.29, 1.82) is 0 Å². The topological polar surface area (TPSA) is 21.3 Å². The molecular formula is C17H20BrNO.